The number of hydrogen-bond acceptors (Lipinski definition) is 4. The summed E-state index contributed by atoms with van der Waals surface area (Å²) >= 11 is 7.31. The van der Waals surface area contributed by atoms with Crippen LogP contribution in [0.5, 0.6) is 0 Å². The van der Waals surface area contributed by atoms with Gasteiger partial charge in [-0.25, -0.2) is 4.98 Å². The number of amides is 1. The monoisotopic (exact) mass is 390 g/mol. The number of thiocarbonyl (C=S) groups is 1. The van der Waals surface area contributed by atoms with Crippen LogP contribution in [-0.2, 0) is 4.79 Å². The van der Waals surface area contributed by atoms with Crippen molar-refractivity contribution < 1.29 is 4.79 Å². The fraction of sp³-hybridized carbons (Fsp3) is 0.526. The standard InChI is InChI=1S/C19H26N4OS2/c1-4-22(5-2)18(24)14-7-6-10-23(12-14)19(25)21-15-8-9-16-17(11-15)26-13(3)20-16/h8-9,11,14H,4-7,10,12H2,1-3H3,(H,21,25)/t14-/m0/s1. The number of aryl methyl sites for hydroxylation is 1. The smallest absolute Gasteiger partial charge is 0.227 e. The molecule has 1 amide bonds. The molecule has 0 aliphatic carbocycles. The molecule has 1 aliphatic heterocycles. The SMILES string of the molecule is CCN(CC)C(=O)[C@H]1CCCN(C(=S)Nc2ccc3nc(C)sc3c2)C1. The van der Waals surface area contributed by atoms with E-state index in [-0.39, 0.29) is 11.8 Å². The van der Waals surface area contributed by atoms with Crippen molar-refractivity contribution in [3.63, 3.8) is 0 Å². The Balaban J connectivity index is 1.65. The molecule has 1 aromatic carbocycles. The summed E-state index contributed by atoms with van der Waals surface area (Å²) in [5.74, 6) is 0.291. The van der Waals surface area contributed by atoms with E-state index in [1.807, 2.05) is 37.8 Å². The summed E-state index contributed by atoms with van der Waals surface area (Å²) in [6.45, 7) is 9.21. The van der Waals surface area contributed by atoms with Crippen LogP contribution in [0.4, 0.5) is 5.69 Å². The van der Waals surface area contributed by atoms with Gasteiger partial charge < -0.3 is 15.1 Å². The highest BCUT2D eigenvalue weighted by Gasteiger charge is 2.29. The third-order valence-corrected chi connectivity index (χ3v) is 6.17. The molecule has 2 heterocycles. The lowest BCUT2D eigenvalue weighted by molar-refractivity contribution is -0.136. The van der Waals surface area contributed by atoms with Crippen molar-refractivity contribution in [3.8, 4) is 0 Å². The van der Waals surface area contributed by atoms with E-state index in [9.17, 15) is 4.79 Å². The van der Waals surface area contributed by atoms with Gasteiger partial charge in [0.15, 0.2) is 5.11 Å². The number of carbonyl (C=O) groups excluding carboxylic acids is 1. The van der Waals surface area contributed by atoms with Crippen molar-refractivity contribution in [3.05, 3.63) is 23.2 Å². The molecule has 5 nitrogen and oxygen atoms in total. The predicted molar refractivity (Wildman–Crippen MR) is 113 cm³/mol. The van der Waals surface area contributed by atoms with Crippen LogP contribution in [0.2, 0.25) is 0 Å². The number of aromatic nitrogens is 1. The van der Waals surface area contributed by atoms with Crippen LogP contribution >= 0.6 is 23.6 Å². The van der Waals surface area contributed by atoms with Gasteiger partial charge in [-0.2, -0.15) is 0 Å². The van der Waals surface area contributed by atoms with E-state index in [0.717, 1.165) is 53.4 Å². The van der Waals surface area contributed by atoms with Gasteiger partial charge in [0.2, 0.25) is 5.91 Å². The number of likely N-dealkylation sites (tertiary alicyclic amines) is 1. The second kappa shape index (κ2) is 8.31. The summed E-state index contributed by atoms with van der Waals surface area (Å²) in [6, 6.07) is 6.12. The first-order valence-electron chi connectivity index (χ1n) is 9.23. The molecule has 1 fully saturated rings. The first kappa shape index (κ1) is 19.0. The molecule has 0 unspecified atom stereocenters. The molecule has 2 aromatic rings. The van der Waals surface area contributed by atoms with Crippen molar-refractivity contribution >= 4 is 50.5 Å². The van der Waals surface area contributed by atoms with Crippen LogP contribution in [0.1, 0.15) is 31.7 Å². The van der Waals surface area contributed by atoms with Crippen LogP contribution in [0, 0.1) is 12.8 Å². The highest BCUT2D eigenvalue weighted by Crippen LogP contribution is 2.25. The van der Waals surface area contributed by atoms with Gasteiger partial charge in [0.1, 0.15) is 0 Å². The summed E-state index contributed by atoms with van der Waals surface area (Å²) in [5, 5.41) is 5.10. The molecule has 140 valence electrons. The molecular weight excluding hydrogens is 364 g/mol. The zero-order valence-electron chi connectivity index (χ0n) is 15.6. The molecular formula is C19H26N4OS2. The third-order valence-electron chi connectivity index (χ3n) is 4.88. The van der Waals surface area contributed by atoms with E-state index >= 15 is 0 Å². The Morgan fingerprint density at radius 2 is 2.19 bits per heavy atom. The molecule has 7 heteroatoms. The number of fused-ring (bicyclic) bond motifs is 1. The van der Waals surface area contributed by atoms with Gasteiger partial charge >= 0.3 is 0 Å². The number of piperidine rings is 1. The van der Waals surface area contributed by atoms with Crippen molar-refractivity contribution in [2.45, 2.75) is 33.6 Å². The number of benzene rings is 1. The highest BCUT2D eigenvalue weighted by atomic mass is 32.1. The fourth-order valence-electron chi connectivity index (χ4n) is 3.48. The Labute approximate surface area is 164 Å². The lowest BCUT2D eigenvalue weighted by Crippen LogP contribution is -2.47. The second-order valence-electron chi connectivity index (χ2n) is 6.64. The van der Waals surface area contributed by atoms with E-state index in [1.165, 1.54) is 0 Å². The van der Waals surface area contributed by atoms with Crippen molar-refractivity contribution in [1.82, 2.24) is 14.8 Å². The van der Waals surface area contributed by atoms with E-state index in [1.54, 1.807) is 11.3 Å². The van der Waals surface area contributed by atoms with E-state index < -0.39 is 0 Å². The first-order valence-corrected chi connectivity index (χ1v) is 10.5. The van der Waals surface area contributed by atoms with Crippen molar-refractivity contribution in [1.29, 1.82) is 0 Å². The van der Waals surface area contributed by atoms with E-state index in [4.69, 9.17) is 12.2 Å². The van der Waals surface area contributed by atoms with Crippen LogP contribution in [-0.4, -0.2) is 52.0 Å². The van der Waals surface area contributed by atoms with Crippen molar-refractivity contribution in [2.75, 3.05) is 31.5 Å². The maximum atomic E-state index is 12.7. The minimum atomic E-state index is 0.0371. The quantitative estimate of drug-likeness (QED) is 0.803. The molecule has 1 aromatic heterocycles. The number of rotatable bonds is 4. The molecule has 1 N–H and O–H groups in total. The molecule has 3 rings (SSSR count). The van der Waals surface area contributed by atoms with Gasteiger partial charge in [0, 0.05) is 31.9 Å². The summed E-state index contributed by atoms with van der Waals surface area (Å²) in [7, 11) is 0. The van der Waals surface area contributed by atoms with Gasteiger partial charge in [0.25, 0.3) is 0 Å². The third kappa shape index (κ3) is 4.15. The average molecular weight is 391 g/mol. The molecule has 1 saturated heterocycles. The molecule has 1 atom stereocenters. The Bertz CT molecular complexity index is 800. The normalized spacial score (nSPS) is 17.3. The van der Waals surface area contributed by atoms with Gasteiger partial charge in [0.05, 0.1) is 21.1 Å². The van der Waals surface area contributed by atoms with E-state index in [2.05, 4.69) is 21.3 Å². The number of carbonyl (C=O) groups is 1. The summed E-state index contributed by atoms with van der Waals surface area (Å²) in [4.78, 5) is 21.2. The molecule has 0 spiro atoms. The van der Waals surface area contributed by atoms with Gasteiger partial charge in [-0.1, -0.05) is 0 Å². The Morgan fingerprint density at radius 1 is 1.42 bits per heavy atom. The molecule has 0 bridgehead atoms. The lowest BCUT2D eigenvalue weighted by Gasteiger charge is -2.36. The Hall–Kier alpha value is -1.73. The number of hydrogen-bond donors (Lipinski definition) is 1. The van der Waals surface area contributed by atoms with Crippen molar-refractivity contribution in [2.24, 2.45) is 5.92 Å². The van der Waals surface area contributed by atoms with Crippen LogP contribution in [0.15, 0.2) is 18.2 Å². The minimum absolute atomic E-state index is 0.0371. The van der Waals surface area contributed by atoms with Crippen LogP contribution in [0.25, 0.3) is 10.2 Å². The molecule has 0 radical (unpaired) electrons. The molecule has 0 saturated carbocycles. The maximum Gasteiger partial charge on any atom is 0.227 e. The lowest BCUT2D eigenvalue weighted by atomic mass is 9.96. The first-order chi connectivity index (χ1) is 12.5. The molecule has 1 aliphatic rings. The van der Waals surface area contributed by atoms with Gasteiger partial charge in [-0.15, -0.1) is 11.3 Å². The minimum Gasteiger partial charge on any atom is -0.348 e. The van der Waals surface area contributed by atoms with Gasteiger partial charge in [-0.05, 0) is 64.0 Å². The zero-order valence-corrected chi connectivity index (χ0v) is 17.3. The van der Waals surface area contributed by atoms with Crippen LogP contribution < -0.4 is 5.32 Å². The predicted octanol–water partition coefficient (Wildman–Crippen LogP) is 3.88. The molecule has 26 heavy (non-hydrogen) atoms. The summed E-state index contributed by atoms with van der Waals surface area (Å²) in [5.41, 5.74) is 2.00. The second-order valence-corrected chi connectivity index (χ2v) is 8.26. The topological polar surface area (TPSA) is 48.5 Å². The van der Waals surface area contributed by atoms with Gasteiger partial charge in [-0.3, -0.25) is 4.79 Å². The average Bonchev–Trinajstić information content (AvgIpc) is 3.02. The number of nitrogens with zero attached hydrogens (tertiary/aromatic N) is 3. The fourth-order valence-corrected chi connectivity index (χ4v) is 4.63. The Kier molecular flexibility index (Phi) is 6.09. The largest absolute Gasteiger partial charge is 0.348 e. The summed E-state index contributed by atoms with van der Waals surface area (Å²) < 4.78 is 1.16. The summed E-state index contributed by atoms with van der Waals surface area (Å²) in [6.07, 6.45) is 1.94. The number of nitrogens with one attached hydrogen (secondary N) is 1. The Morgan fingerprint density at radius 3 is 2.92 bits per heavy atom. The van der Waals surface area contributed by atoms with E-state index in [0.29, 0.717) is 11.7 Å². The number of thiazole rings is 1. The van der Waals surface area contributed by atoms with Crippen LogP contribution in [0.3, 0.4) is 0 Å². The number of anilines is 1. The maximum absolute atomic E-state index is 12.7. The zero-order chi connectivity index (χ0) is 18.7. The highest BCUT2D eigenvalue weighted by molar-refractivity contribution is 7.80.